The molecule has 148 valence electrons. The van der Waals surface area contributed by atoms with Crippen LogP contribution in [0.25, 0.3) is 0 Å². The number of amides is 2. The Morgan fingerprint density at radius 1 is 0.897 bits per heavy atom. The highest BCUT2D eigenvalue weighted by Crippen LogP contribution is 2.34. The van der Waals surface area contributed by atoms with E-state index in [1.54, 1.807) is 0 Å². The molecule has 0 spiro atoms. The number of nitrogens with one attached hydrogen (secondary N) is 2. The Bertz CT molecular complexity index is 1020. The predicted molar refractivity (Wildman–Crippen MR) is 101 cm³/mol. The number of alkyl halides is 3. The molecule has 3 rings (SSSR count). The fraction of sp³-hybridized carbons (Fsp3) is 0.0952. The first kappa shape index (κ1) is 20.1. The third kappa shape index (κ3) is 5.19. The van der Waals surface area contributed by atoms with E-state index in [-0.39, 0.29) is 23.5 Å². The quantitative estimate of drug-likeness (QED) is 0.673. The molecule has 0 radical (unpaired) electrons. The Hall–Kier alpha value is -3.68. The van der Waals surface area contributed by atoms with Crippen molar-refractivity contribution in [3.63, 3.8) is 0 Å². The molecule has 2 aromatic carbocycles. The van der Waals surface area contributed by atoms with Crippen molar-refractivity contribution in [1.29, 1.82) is 0 Å². The molecule has 2 N–H and O–H groups in total. The van der Waals surface area contributed by atoms with Crippen LogP contribution in [0.4, 0.5) is 18.9 Å². The monoisotopic (exact) mass is 399 g/mol. The fourth-order valence-corrected chi connectivity index (χ4v) is 2.60. The number of rotatable bonds is 5. The van der Waals surface area contributed by atoms with Gasteiger partial charge in [-0.05, 0) is 29.8 Å². The van der Waals surface area contributed by atoms with Crippen LogP contribution in [0.15, 0.2) is 72.9 Å². The standard InChI is InChI=1S/C21H16F3N3O2/c22-21(23,24)16-8-4-5-9-17(16)27-19(28)15-10-11-25-18(12-15)20(29)26-13-14-6-2-1-3-7-14/h1-12H,13H2,(H,26,29)(H,27,28). The fourth-order valence-electron chi connectivity index (χ4n) is 2.60. The van der Waals surface area contributed by atoms with Gasteiger partial charge in [-0.2, -0.15) is 13.2 Å². The summed E-state index contributed by atoms with van der Waals surface area (Å²) in [6, 6.07) is 16.4. The molecule has 0 atom stereocenters. The highest BCUT2D eigenvalue weighted by Gasteiger charge is 2.33. The summed E-state index contributed by atoms with van der Waals surface area (Å²) >= 11 is 0. The topological polar surface area (TPSA) is 71.1 Å². The number of carbonyl (C=O) groups excluding carboxylic acids is 2. The molecule has 1 aromatic heterocycles. The smallest absolute Gasteiger partial charge is 0.347 e. The Morgan fingerprint density at radius 2 is 1.59 bits per heavy atom. The SMILES string of the molecule is O=C(Nc1ccccc1C(F)(F)F)c1ccnc(C(=O)NCc2ccccc2)c1. The van der Waals surface area contributed by atoms with Crippen LogP contribution in [0, 0.1) is 0 Å². The van der Waals surface area contributed by atoms with Crippen LogP contribution in [0.5, 0.6) is 0 Å². The lowest BCUT2D eigenvalue weighted by molar-refractivity contribution is -0.136. The Labute approximate surface area is 164 Å². The summed E-state index contributed by atoms with van der Waals surface area (Å²) in [4.78, 5) is 28.6. The van der Waals surface area contributed by atoms with Crippen molar-refractivity contribution in [1.82, 2.24) is 10.3 Å². The minimum absolute atomic E-state index is 0.0156. The van der Waals surface area contributed by atoms with E-state index in [2.05, 4.69) is 15.6 Å². The Morgan fingerprint density at radius 3 is 2.31 bits per heavy atom. The summed E-state index contributed by atoms with van der Waals surface area (Å²) in [6.07, 6.45) is -3.35. The number of hydrogen-bond donors (Lipinski definition) is 2. The number of carbonyl (C=O) groups is 2. The van der Waals surface area contributed by atoms with Crippen LogP contribution >= 0.6 is 0 Å². The average Bonchev–Trinajstić information content (AvgIpc) is 2.72. The lowest BCUT2D eigenvalue weighted by Gasteiger charge is -2.13. The lowest BCUT2D eigenvalue weighted by Crippen LogP contribution is -2.24. The van der Waals surface area contributed by atoms with Gasteiger partial charge in [0.2, 0.25) is 0 Å². The number of benzene rings is 2. The number of nitrogens with zero attached hydrogens (tertiary/aromatic N) is 1. The molecule has 8 heteroatoms. The molecule has 0 aliphatic rings. The zero-order valence-corrected chi connectivity index (χ0v) is 15.0. The van der Waals surface area contributed by atoms with Crippen molar-refractivity contribution in [2.24, 2.45) is 0 Å². The average molecular weight is 399 g/mol. The van der Waals surface area contributed by atoms with E-state index >= 15 is 0 Å². The van der Waals surface area contributed by atoms with Crippen LogP contribution in [-0.2, 0) is 12.7 Å². The molecule has 0 aliphatic heterocycles. The van der Waals surface area contributed by atoms with Gasteiger partial charge in [-0.15, -0.1) is 0 Å². The molecule has 3 aromatic rings. The molecule has 0 fully saturated rings. The number of pyridine rings is 1. The predicted octanol–water partition coefficient (Wildman–Crippen LogP) is 4.28. The maximum Gasteiger partial charge on any atom is 0.418 e. The van der Waals surface area contributed by atoms with Gasteiger partial charge in [0.1, 0.15) is 5.69 Å². The first-order valence-electron chi connectivity index (χ1n) is 8.60. The highest BCUT2D eigenvalue weighted by molar-refractivity contribution is 6.06. The van der Waals surface area contributed by atoms with Gasteiger partial charge < -0.3 is 10.6 Å². The lowest BCUT2D eigenvalue weighted by atomic mass is 10.1. The van der Waals surface area contributed by atoms with E-state index in [4.69, 9.17) is 0 Å². The maximum atomic E-state index is 13.1. The summed E-state index contributed by atoms with van der Waals surface area (Å²) in [7, 11) is 0. The zero-order valence-electron chi connectivity index (χ0n) is 15.0. The summed E-state index contributed by atoms with van der Waals surface area (Å²) in [5, 5.41) is 4.92. The van der Waals surface area contributed by atoms with Gasteiger partial charge in [-0.3, -0.25) is 14.6 Å². The third-order valence-electron chi connectivity index (χ3n) is 4.03. The number of halogens is 3. The van der Waals surface area contributed by atoms with Gasteiger partial charge in [0.15, 0.2) is 0 Å². The van der Waals surface area contributed by atoms with Crippen molar-refractivity contribution >= 4 is 17.5 Å². The van der Waals surface area contributed by atoms with Crippen molar-refractivity contribution in [3.8, 4) is 0 Å². The minimum Gasteiger partial charge on any atom is -0.347 e. The molecule has 29 heavy (non-hydrogen) atoms. The van der Waals surface area contributed by atoms with E-state index < -0.39 is 23.6 Å². The number of hydrogen-bond acceptors (Lipinski definition) is 3. The first-order valence-corrected chi connectivity index (χ1v) is 8.60. The van der Waals surface area contributed by atoms with Gasteiger partial charge in [-0.25, -0.2) is 0 Å². The van der Waals surface area contributed by atoms with E-state index in [9.17, 15) is 22.8 Å². The molecular weight excluding hydrogens is 383 g/mol. The second-order valence-electron chi connectivity index (χ2n) is 6.10. The third-order valence-corrected chi connectivity index (χ3v) is 4.03. The Balaban J connectivity index is 1.72. The van der Waals surface area contributed by atoms with Crippen LogP contribution in [-0.4, -0.2) is 16.8 Å². The summed E-state index contributed by atoms with van der Waals surface area (Å²) in [6.45, 7) is 0.275. The van der Waals surface area contributed by atoms with Crippen molar-refractivity contribution < 1.29 is 22.8 Å². The normalized spacial score (nSPS) is 11.0. The molecule has 0 unspecified atom stereocenters. The van der Waals surface area contributed by atoms with E-state index in [0.29, 0.717) is 0 Å². The molecule has 0 saturated carbocycles. The molecule has 0 aliphatic carbocycles. The largest absolute Gasteiger partial charge is 0.418 e. The van der Waals surface area contributed by atoms with E-state index in [0.717, 1.165) is 17.7 Å². The van der Waals surface area contributed by atoms with Crippen LogP contribution < -0.4 is 10.6 Å². The summed E-state index contributed by atoms with van der Waals surface area (Å²) < 4.78 is 39.2. The maximum absolute atomic E-state index is 13.1. The van der Waals surface area contributed by atoms with Crippen molar-refractivity contribution in [2.75, 3.05) is 5.32 Å². The van der Waals surface area contributed by atoms with Gasteiger partial charge in [0.05, 0.1) is 11.3 Å². The zero-order chi connectivity index (χ0) is 20.9. The van der Waals surface area contributed by atoms with Crippen molar-refractivity contribution in [2.45, 2.75) is 12.7 Å². The second-order valence-corrected chi connectivity index (χ2v) is 6.10. The highest BCUT2D eigenvalue weighted by atomic mass is 19.4. The van der Waals surface area contributed by atoms with E-state index in [1.165, 1.54) is 30.5 Å². The number of anilines is 1. The molecule has 1 heterocycles. The summed E-state index contributed by atoms with van der Waals surface area (Å²) in [5.74, 6) is -1.28. The molecular formula is C21H16F3N3O2. The molecule has 5 nitrogen and oxygen atoms in total. The van der Waals surface area contributed by atoms with Crippen LogP contribution in [0.3, 0.4) is 0 Å². The van der Waals surface area contributed by atoms with Gasteiger partial charge in [0, 0.05) is 18.3 Å². The molecule has 0 saturated heterocycles. The van der Waals surface area contributed by atoms with E-state index in [1.807, 2.05) is 30.3 Å². The molecule has 2 amide bonds. The van der Waals surface area contributed by atoms with Gasteiger partial charge in [-0.1, -0.05) is 42.5 Å². The van der Waals surface area contributed by atoms with Crippen molar-refractivity contribution in [3.05, 3.63) is 95.3 Å². The number of para-hydroxylation sites is 1. The van der Waals surface area contributed by atoms with Crippen LogP contribution in [0.1, 0.15) is 32.0 Å². The van der Waals surface area contributed by atoms with Gasteiger partial charge >= 0.3 is 6.18 Å². The summed E-state index contributed by atoms with van der Waals surface area (Å²) in [5.41, 5.74) is -0.432. The van der Waals surface area contributed by atoms with Gasteiger partial charge in [0.25, 0.3) is 11.8 Å². The number of aromatic nitrogens is 1. The first-order chi connectivity index (χ1) is 13.8. The second kappa shape index (κ2) is 8.55. The van der Waals surface area contributed by atoms with Crippen LogP contribution in [0.2, 0.25) is 0 Å². The molecule has 0 bridgehead atoms. The Kier molecular flexibility index (Phi) is 5.92. The minimum atomic E-state index is -4.61.